The molecule has 1 saturated carbocycles. The van der Waals surface area contributed by atoms with Gasteiger partial charge in [-0.3, -0.25) is 9.36 Å². The first-order valence-corrected chi connectivity index (χ1v) is 11.5. The summed E-state index contributed by atoms with van der Waals surface area (Å²) in [6, 6.07) is 17.1. The molecule has 1 fully saturated rings. The molecular weight excluding hydrogens is 385 g/mol. The summed E-state index contributed by atoms with van der Waals surface area (Å²) in [7, 11) is -3.54. The van der Waals surface area contributed by atoms with Crippen molar-refractivity contribution in [1.29, 1.82) is 0 Å². The zero-order valence-electron chi connectivity index (χ0n) is 17.0. The first kappa shape index (κ1) is 21.5. The number of hydrogen-bond donors (Lipinski definition) is 1. The Kier molecular flexibility index (Phi) is 6.13. The Bertz CT molecular complexity index is 945. The average Bonchev–Trinajstić information content (AvgIpc) is 3.36. The van der Waals surface area contributed by atoms with E-state index in [-0.39, 0.29) is 25.8 Å². The highest BCUT2D eigenvalue weighted by Crippen LogP contribution is 2.76. The van der Waals surface area contributed by atoms with Gasteiger partial charge < -0.3 is 15.0 Å². The van der Waals surface area contributed by atoms with E-state index in [1.54, 1.807) is 6.92 Å². The minimum atomic E-state index is -3.54. The Morgan fingerprint density at radius 2 is 1.90 bits per heavy atom. The Labute approximate surface area is 172 Å². The highest BCUT2D eigenvalue weighted by Gasteiger charge is 2.79. The maximum atomic E-state index is 14.2. The Hall–Kier alpha value is -2.20. The van der Waals surface area contributed by atoms with Gasteiger partial charge in [-0.15, -0.1) is 6.58 Å². The molecule has 0 heterocycles. The minimum Gasteiger partial charge on any atom is -0.460 e. The molecule has 1 aliphatic rings. The second-order valence-electron chi connectivity index (χ2n) is 7.58. The molecule has 1 aliphatic carbocycles. The first-order chi connectivity index (χ1) is 13.8. The molecule has 0 saturated heterocycles. The van der Waals surface area contributed by atoms with Crippen molar-refractivity contribution in [1.82, 2.24) is 0 Å². The van der Waals surface area contributed by atoms with E-state index in [2.05, 4.69) is 6.58 Å². The number of nitrogens with two attached hydrogens (primary N) is 1. The van der Waals surface area contributed by atoms with E-state index >= 15 is 0 Å². The van der Waals surface area contributed by atoms with Gasteiger partial charge in [-0.25, -0.2) is 0 Å². The van der Waals surface area contributed by atoms with E-state index in [0.29, 0.717) is 0 Å². The molecule has 5 nitrogen and oxygen atoms in total. The average molecular weight is 413 g/mol. The quantitative estimate of drug-likeness (QED) is 0.370. The molecule has 0 aromatic heterocycles. The van der Waals surface area contributed by atoms with E-state index in [0.717, 1.165) is 16.7 Å². The molecule has 0 spiro atoms. The van der Waals surface area contributed by atoms with Crippen LogP contribution < -0.4 is 5.73 Å². The van der Waals surface area contributed by atoms with Crippen LogP contribution in [-0.4, -0.2) is 23.3 Å². The third kappa shape index (κ3) is 3.95. The van der Waals surface area contributed by atoms with E-state index in [1.165, 1.54) is 6.08 Å². The fourth-order valence-electron chi connectivity index (χ4n) is 3.85. The van der Waals surface area contributed by atoms with Crippen LogP contribution in [0.5, 0.6) is 0 Å². The highest BCUT2D eigenvalue weighted by molar-refractivity contribution is 7.61. The number of rotatable bonds is 9. The molecule has 6 heteroatoms. The first-order valence-electron chi connectivity index (χ1n) is 9.73. The second-order valence-corrected chi connectivity index (χ2v) is 10.3. The molecule has 3 rings (SSSR count). The van der Waals surface area contributed by atoms with Gasteiger partial charge in [-0.2, -0.15) is 0 Å². The van der Waals surface area contributed by atoms with E-state index in [9.17, 15) is 9.36 Å². The fourth-order valence-corrected chi connectivity index (χ4v) is 7.10. The van der Waals surface area contributed by atoms with Gasteiger partial charge in [0.2, 0.25) is 7.37 Å². The Morgan fingerprint density at radius 3 is 2.48 bits per heavy atom. The van der Waals surface area contributed by atoms with Crippen molar-refractivity contribution in [3.05, 3.63) is 83.9 Å². The lowest BCUT2D eigenvalue weighted by Crippen LogP contribution is -2.41. The molecule has 2 aromatic rings. The number of benzene rings is 2. The van der Waals surface area contributed by atoms with Crippen LogP contribution in [0.3, 0.4) is 0 Å². The van der Waals surface area contributed by atoms with Gasteiger partial charge in [0.25, 0.3) is 0 Å². The van der Waals surface area contributed by atoms with Crippen LogP contribution in [0.2, 0.25) is 0 Å². The molecule has 0 bridgehead atoms. The molecule has 2 aromatic carbocycles. The zero-order chi connectivity index (χ0) is 21.1. The monoisotopic (exact) mass is 413 g/mol. The van der Waals surface area contributed by atoms with Gasteiger partial charge in [-0.1, -0.05) is 66.2 Å². The third-order valence-corrected chi connectivity index (χ3v) is 8.88. The van der Waals surface area contributed by atoms with E-state index < -0.39 is 24.0 Å². The highest BCUT2D eigenvalue weighted by atomic mass is 31.2. The van der Waals surface area contributed by atoms with Crippen LogP contribution in [0.15, 0.2) is 67.3 Å². The van der Waals surface area contributed by atoms with Crippen LogP contribution in [0.25, 0.3) is 0 Å². The summed E-state index contributed by atoms with van der Waals surface area (Å²) in [5.41, 5.74) is 8.05. The van der Waals surface area contributed by atoms with Gasteiger partial charge in [0.15, 0.2) is 5.16 Å². The molecule has 154 valence electrons. The molecule has 2 N–H and O–H groups in total. The van der Waals surface area contributed by atoms with Crippen molar-refractivity contribution in [2.75, 3.05) is 6.61 Å². The molecule has 0 radical (unpaired) electrons. The molecule has 3 unspecified atom stereocenters. The number of hydrogen-bond acceptors (Lipinski definition) is 5. The predicted molar refractivity (Wildman–Crippen MR) is 115 cm³/mol. The summed E-state index contributed by atoms with van der Waals surface area (Å²) < 4.78 is 25.5. The third-order valence-electron chi connectivity index (χ3n) is 5.50. The molecule has 3 atom stereocenters. The molecular formula is C23H28NO4P. The lowest BCUT2D eigenvalue weighted by Gasteiger charge is -2.29. The largest absolute Gasteiger partial charge is 0.460 e. The fraction of sp³-hybridized carbons (Fsp3) is 0.348. The summed E-state index contributed by atoms with van der Waals surface area (Å²) in [6.07, 6.45) is 1.81. The SMILES string of the molecule is C=CC1(N)CC1(C(=O)OCc1ccccc1)P(=O)(Cc1cccc(C)c1)OCC. The van der Waals surface area contributed by atoms with Gasteiger partial charge in [0.05, 0.1) is 18.3 Å². The van der Waals surface area contributed by atoms with Crippen molar-refractivity contribution in [2.24, 2.45) is 5.73 Å². The Morgan fingerprint density at radius 1 is 1.21 bits per heavy atom. The molecule has 0 aliphatic heterocycles. The maximum Gasteiger partial charge on any atom is 0.324 e. The van der Waals surface area contributed by atoms with E-state index in [4.69, 9.17) is 15.0 Å². The summed E-state index contributed by atoms with van der Waals surface area (Å²) in [4.78, 5) is 13.3. The summed E-state index contributed by atoms with van der Waals surface area (Å²) in [5, 5.41) is -1.42. The zero-order valence-corrected chi connectivity index (χ0v) is 17.9. The second kappa shape index (κ2) is 8.27. The van der Waals surface area contributed by atoms with Crippen molar-refractivity contribution in [3.63, 3.8) is 0 Å². The van der Waals surface area contributed by atoms with E-state index in [1.807, 2.05) is 61.5 Å². The number of carbonyl (C=O) groups excluding carboxylic acids is 1. The van der Waals surface area contributed by atoms with Gasteiger partial charge in [0.1, 0.15) is 6.61 Å². The lowest BCUT2D eigenvalue weighted by molar-refractivity contribution is -0.146. The maximum absolute atomic E-state index is 14.2. The van der Waals surface area contributed by atoms with Gasteiger partial charge in [-0.05, 0) is 31.4 Å². The van der Waals surface area contributed by atoms with Crippen molar-refractivity contribution < 1.29 is 18.6 Å². The summed E-state index contributed by atoms with van der Waals surface area (Å²) in [5.74, 6) is -0.590. The molecule has 0 amide bonds. The number of carbonyl (C=O) groups is 1. The van der Waals surface area contributed by atoms with Crippen LogP contribution in [0, 0.1) is 6.92 Å². The topological polar surface area (TPSA) is 78.6 Å². The number of aryl methyl sites for hydroxylation is 1. The van der Waals surface area contributed by atoms with Crippen LogP contribution >= 0.6 is 7.37 Å². The lowest BCUT2D eigenvalue weighted by atomic mass is 10.2. The Balaban J connectivity index is 1.93. The number of ether oxygens (including phenoxy) is 1. The van der Waals surface area contributed by atoms with Crippen molar-refractivity contribution in [2.45, 2.75) is 43.7 Å². The standard InChI is InChI=1S/C23H28NO4P/c1-4-22(24)17-23(22,21(25)27-15-19-11-7-6-8-12-19)29(26,28-5-2)16-20-13-9-10-18(3)14-20/h4,6-14H,1,5,15-17,24H2,2-3H3. The summed E-state index contributed by atoms with van der Waals surface area (Å²) >= 11 is 0. The van der Waals surface area contributed by atoms with Crippen LogP contribution in [-0.2, 0) is 31.4 Å². The van der Waals surface area contributed by atoms with Crippen LogP contribution in [0.4, 0.5) is 0 Å². The van der Waals surface area contributed by atoms with Gasteiger partial charge in [0, 0.05) is 0 Å². The minimum absolute atomic E-state index is 0.0885. The normalized spacial score (nSPS) is 25.1. The smallest absolute Gasteiger partial charge is 0.324 e. The van der Waals surface area contributed by atoms with Crippen LogP contribution in [0.1, 0.15) is 30.0 Å². The van der Waals surface area contributed by atoms with Crippen molar-refractivity contribution >= 4 is 13.3 Å². The summed E-state index contributed by atoms with van der Waals surface area (Å²) in [6.45, 7) is 7.81. The number of esters is 1. The predicted octanol–water partition coefficient (Wildman–Crippen LogP) is 4.58. The van der Waals surface area contributed by atoms with Crippen molar-refractivity contribution in [3.8, 4) is 0 Å². The van der Waals surface area contributed by atoms with Gasteiger partial charge >= 0.3 is 5.97 Å². The molecule has 29 heavy (non-hydrogen) atoms.